The van der Waals surface area contributed by atoms with Gasteiger partial charge in [-0.1, -0.05) is 36.8 Å². The minimum atomic E-state index is 0.416. The molecule has 118 valence electrons. The van der Waals surface area contributed by atoms with Crippen LogP contribution in [-0.4, -0.2) is 39.3 Å². The van der Waals surface area contributed by atoms with Gasteiger partial charge in [0.05, 0.1) is 0 Å². The van der Waals surface area contributed by atoms with E-state index < -0.39 is 0 Å². The van der Waals surface area contributed by atoms with E-state index in [1.165, 1.54) is 11.1 Å². The first-order chi connectivity index (χ1) is 10.2. The van der Waals surface area contributed by atoms with Crippen LogP contribution in [0.4, 0.5) is 0 Å². The van der Waals surface area contributed by atoms with Gasteiger partial charge in [0.1, 0.15) is 0 Å². The molecule has 0 saturated heterocycles. The van der Waals surface area contributed by atoms with E-state index in [0.717, 1.165) is 38.6 Å². The number of aryl methyl sites for hydroxylation is 1. The van der Waals surface area contributed by atoms with E-state index in [4.69, 9.17) is 4.74 Å². The average molecular weight is 291 g/mol. The largest absolute Gasteiger partial charge is 0.385 e. The van der Waals surface area contributed by atoms with Crippen molar-refractivity contribution in [3.8, 4) is 0 Å². The summed E-state index contributed by atoms with van der Waals surface area (Å²) in [5, 5.41) is 6.61. The lowest BCUT2D eigenvalue weighted by atomic mass is 10.00. The van der Waals surface area contributed by atoms with E-state index in [-0.39, 0.29) is 0 Å². The van der Waals surface area contributed by atoms with Crippen molar-refractivity contribution in [1.29, 1.82) is 0 Å². The number of rotatable bonds is 8. The van der Waals surface area contributed by atoms with Crippen LogP contribution in [0.2, 0.25) is 0 Å². The van der Waals surface area contributed by atoms with Crippen LogP contribution in [-0.2, 0) is 4.74 Å². The molecule has 0 radical (unpaired) electrons. The maximum Gasteiger partial charge on any atom is 0.191 e. The molecule has 1 atom stereocenters. The number of ether oxygens (including phenoxy) is 1. The highest BCUT2D eigenvalue weighted by molar-refractivity contribution is 5.79. The molecule has 4 nitrogen and oxygen atoms in total. The molecule has 0 heterocycles. The predicted octanol–water partition coefficient (Wildman–Crippen LogP) is 2.69. The molecule has 0 amide bonds. The minimum absolute atomic E-state index is 0.416. The first-order valence-electron chi connectivity index (χ1n) is 7.75. The molecular formula is C17H29N3O. The van der Waals surface area contributed by atoms with Gasteiger partial charge in [-0.3, -0.25) is 4.99 Å². The highest BCUT2D eigenvalue weighted by Crippen LogP contribution is 2.16. The highest BCUT2D eigenvalue weighted by atomic mass is 16.5. The normalized spacial score (nSPS) is 13.0. The molecule has 1 unspecified atom stereocenters. The van der Waals surface area contributed by atoms with Crippen LogP contribution in [0, 0.1) is 6.92 Å². The van der Waals surface area contributed by atoms with Crippen LogP contribution < -0.4 is 10.6 Å². The van der Waals surface area contributed by atoms with E-state index in [0.29, 0.717) is 5.92 Å². The summed E-state index contributed by atoms with van der Waals surface area (Å²) in [7, 11) is 1.73. The van der Waals surface area contributed by atoms with Crippen molar-refractivity contribution in [2.45, 2.75) is 33.1 Å². The van der Waals surface area contributed by atoms with Crippen LogP contribution >= 0.6 is 0 Å². The summed E-state index contributed by atoms with van der Waals surface area (Å²) in [5.41, 5.74) is 2.64. The SMILES string of the molecule is CCNC(=NCC(C)c1cccc(C)c1)NCCCOC. The highest BCUT2D eigenvalue weighted by Gasteiger charge is 2.05. The molecular weight excluding hydrogens is 262 g/mol. The van der Waals surface area contributed by atoms with Crippen LogP contribution in [0.3, 0.4) is 0 Å². The fraction of sp³-hybridized carbons (Fsp3) is 0.588. The number of methoxy groups -OCH3 is 1. The van der Waals surface area contributed by atoms with Gasteiger partial charge >= 0.3 is 0 Å². The third-order valence-corrected chi connectivity index (χ3v) is 3.30. The van der Waals surface area contributed by atoms with Crippen molar-refractivity contribution in [3.05, 3.63) is 35.4 Å². The van der Waals surface area contributed by atoms with Crippen molar-refractivity contribution < 1.29 is 4.74 Å². The van der Waals surface area contributed by atoms with E-state index in [1.807, 2.05) is 0 Å². The molecule has 0 saturated carbocycles. The standard InChI is InChI=1S/C17H29N3O/c1-5-18-17(19-10-7-11-21-4)20-13-15(3)16-9-6-8-14(2)12-16/h6,8-9,12,15H,5,7,10-11,13H2,1-4H3,(H2,18,19,20). The molecule has 4 heteroatoms. The van der Waals surface area contributed by atoms with E-state index >= 15 is 0 Å². The predicted molar refractivity (Wildman–Crippen MR) is 90.1 cm³/mol. The maximum atomic E-state index is 5.05. The molecule has 1 aromatic rings. The second kappa shape index (κ2) is 10.2. The average Bonchev–Trinajstić information content (AvgIpc) is 2.48. The number of benzene rings is 1. The number of hydrogen-bond donors (Lipinski definition) is 2. The molecule has 0 bridgehead atoms. The van der Waals surface area contributed by atoms with Gasteiger partial charge in [-0.15, -0.1) is 0 Å². The number of aliphatic imine (C=N–C) groups is 1. The summed E-state index contributed by atoms with van der Waals surface area (Å²) >= 11 is 0. The zero-order chi connectivity index (χ0) is 15.5. The summed E-state index contributed by atoms with van der Waals surface area (Å²) in [6.07, 6.45) is 0.981. The zero-order valence-electron chi connectivity index (χ0n) is 13.8. The molecule has 0 aromatic heterocycles. The Kier molecular flexibility index (Phi) is 8.51. The second-order valence-electron chi connectivity index (χ2n) is 5.31. The van der Waals surface area contributed by atoms with Gasteiger partial charge < -0.3 is 15.4 Å². The molecule has 1 rings (SSSR count). The lowest BCUT2D eigenvalue weighted by molar-refractivity contribution is 0.195. The summed E-state index contributed by atoms with van der Waals surface area (Å²) < 4.78 is 5.05. The first-order valence-corrected chi connectivity index (χ1v) is 7.75. The molecule has 0 aliphatic carbocycles. The van der Waals surface area contributed by atoms with Crippen molar-refractivity contribution >= 4 is 5.96 Å². The molecule has 0 fully saturated rings. The van der Waals surface area contributed by atoms with Gasteiger partial charge in [0.25, 0.3) is 0 Å². The Morgan fingerprint density at radius 2 is 2.14 bits per heavy atom. The van der Waals surface area contributed by atoms with Crippen LogP contribution in [0.15, 0.2) is 29.3 Å². The Bertz CT molecular complexity index is 432. The molecule has 1 aromatic carbocycles. The fourth-order valence-electron chi connectivity index (χ4n) is 2.08. The summed E-state index contributed by atoms with van der Waals surface area (Å²) in [5.74, 6) is 1.30. The van der Waals surface area contributed by atoms with E-state index in [2.05, 4.69) is 60.7 Å². The Morgan fingerprint density at radius 1 is 1.33 bits per heavy atom. The quantitative estimate of drug-likeness (QED) is 0.440. The van der Waals surface area contributed by atoms with Crippen molar-refractivity contribution in [2.75, 3.05) is 33.4 Å². The molecule has 0 aliphatic rings. The summed E-state index contributed by atoms with van der Waals surface area (Å²) in [4.78, 5) is 4.67. The fourth-order valence-corrected chi connectivity index (χ4v) is 2.08. The maximum absolute atomic E-state index is 5.05. The second-order valence-corrected chi connectivity index (χ2v) is 5.31. The topological polar surface area (TPSA) is 45.7 Å². The van der Waals surface area contributed by atoms with Crippen molar-refractivity contribution in [3.63, 3.8) is 0 Å². The number of nitrogens with zero attached hydrogens (tertiary/aromatic N) is 1. The molecule has 2 N–H and O–H groups in total. The smallest absolute Gasteiger partial charge is 0.191 e. The van der Waals surface area contributed by atoms with Crippen molar-refractivity contribution in [2.24, 2.45) is 4.99 Å². The molecule has 21 heavy (non-hydrogen) atoms. The van der Waals surface area contributed by atoms with Crippen molar-refractivity contribution in [1.82, 2.24) is 10.6 Å². The monoisotopic (exact) mass is 291 g/mol. The van der Waals surface area contributed by atoms with Gasteiger partial charge in [-0.05, 0) is 25.8 Å². The minimum Gasteiger partial charge on any atom is -0.385 e. The van der Waals surface area contributed by atoms with Gasteiger partial charge in [-0.2, -0.15) is 0 Å². The van der Waals surface area contributed by atoms with Gasteiger partial charge in [0.15, 0.2) is 5.96 Å². The Labute approximate surface area is 129 Å². The van der Waals surface area contributed by atoms with Crippen LogP contribution in [0.5, 0.6) is 0 Å². The molecule has 0 aliphatic heterocycles. The lowest BCUT2D eigenvalue weighted by Crippen LogP contribution is -2.38. The number of nitrogens with one attached hydrogen (secondary N) is 2. The van der Waals surface area contributed by atoms with E-state index in [9.17, 15) is 0 Å². The summed E-state index contributed by atoms with van der Waals surface area (Å²) in [6.45, 7) is 9.71. The third-order valence-electron chi connectivity index (χ3n) is 3.30. The van der Waals surface area contributed by atoms with Gasteiger partial charge in [0, 0.05) is 39.3 Å². The third kappa shape index (κ3) is 7.14. The Balaban J connectivity index is 2.51. The zero-order valence-corrected chi connectivity index (χ0v) is 13.8. The van der Waals surface area contributed by atoms with Gasteiger partial charge in [0.2, 0.25) is 0 Å². The van der Waals surface area contributed by atoms with Crippen LogP contribution in [0.1, 0.15) is 37.3 Å². The Morgan fingerprint density at radius 3 is 2.81 bits per heavy atom. The summed E-state index contributed by atoms with van der Waals surface area (Å²) in [6, 6.07) is 8.64. The van der Waals surface area contributed by atoms with Crippen LogP contribution in [0.25, 0.3) is 0 Å². The lowest BCUT2D eigenvalue weighted by Gasteiger charge is -2.14. The van der Waals surface area contributed by atoms with Gasteiger partial charge in [-0.25, -0.2) is 0 Å². The number of guanidine groups is 1. The number of hydrogen-bond acceptors (Lipinski definition) is 2. The first kappa shape index (κ1) is 17.5. The van der Waals surface area contributed by atoms with E-state index in [1.54, 1.807) is 7.11 Å². The molecule has 0 spiro atoms. The Hall–Kier alpha value is -1.55.